The molecule has 8 nitrogen and oxygen atoms in total. The highest BCUT2D eigenvalue weighted by Crippen LogP contribution is 2.38. The number of carbonyl (C=O) groups is 1. The number of β-amino-alcohol motifs (C(OH)–C–C–N with tert-alkyl or cyclic N) is 1. The van der Waals surface area contributed by atoms with Gasteiger partial charge < -0.3 is 29.3 Å². The van der Waals surface area contributed by atoms with Gasteiger partial charge in [0.2, 0.25) is 11.7 Å². The van der Waals surface area contributed by atoms with Gasteiger partial charge in [-0.05, 0) is 54.3 Å². The zero-order chi connectivity index (χ0) is 27.3. The van der Waals surface area contributed by atoms with Crippen molar-refractivity contribution in [1.82, 2.24) is 9.80 Å². The number of phenolic OH excluding ortho intramolecular Hbond substituents is 1. The summed E-state index contributed by atoms with van der Waals surface area (Å²) in [6, 6.07) is 10.9. The van der Waals surface area contributed by atoms with Gasteiger partial charge in [0.05, 0.1) is 26.4 Å². The number of aromatic hydroxyl groups is 1. The van der Waals surface area contributed by atoms with Crippen LogP contribution >= 0.6 is 0 Å². The van der Waals surface area contributed by atoms with Crippen molar-refractivity contribution < 1.29 is 29.2 Å². The molecule has 0 aliphatic carbocycles. The first-order valence-corrected chi connectivity index (χ1v) is 13.6. The summed E-state index contributed by atoms with van der Waals surface area (Å²) >= 11 is 0. The minimum absolute atomic E-state index is 0.00590. The highest BCUT2D eigenvalue weighted by molar-refractivity contribution is 5.92. The number of hydrogen-bond donors (Lipinski definition) is 2. The fraction of sp³-hybridized carbons (Fsp3) is 0.500. The van der Waals surface area contributed by atoms with Crippen LogP contribution in [0.5, 0.6) is 23.0 Å². The molecule has 1 saturated heterocycles. The third kappa shape index (κ3) is 8.67. The number of amides is 1. The monoisotopic (exact) mass is 526 g/mol. The van der Waals surface area contributed by atoms with Crippen molar-refractivity contribution in [3.8, 4) is 23.0 Å². The molecule has 1 unspecified atom stereocenters. The molecular formula is C30H42N2O6. The first-order valence-electron chi connectivity index (χ1n) is 13.6. The fourth-order valence-corrected chi connectivity index (χ4v) is 4.17. The second kappa shape index (κ2) is 15.2. The lowest BCUT2D eigenvalue weighted by molar-refractivity contribution is -0.127. The molecule has 0 aromatic heterocycles. The third-order valence-corrected chi connectivity index (χ3v) is 6.61. The predicted molar refractivity (Wildman–Crippen MR) is 149 cm³/mol. The molecule has 1 aliphatic rings. The van der Waals surface area contributed by atoms with E-state index in [0.29, 0.717) is 57.4 Å². The molecule has 208 valence electrons. The Balaban J connectivity index is 1.57. The van der Waals surface area contributed by atoms with Crippen molar-refractivity contribution in [1.29, 1.82) is 0 Å². The van der Waals surface area contributed by atoms with Crippen LogP contribution in [0.25, 0.3) is 6.08 Å². The van der Waals surface area contributed by atoms with E-state index in [-0.39, 0.29) is 11.7 Å². The normalized spacial score (nSPS) is 15.0. The topological polar surface area (TPSA) is 91.7 Å². The van der Waals surface area contributed by atoms with Crippen molar-refractivity contribution >= 4 is 12.0 Å². The first-order chi connectivity index (χ1) is 18.4. The van der Waals surface area contributed by atoms with Gasteiger partial charge in [0.25, 0.3) is 0 Å². The average molecular weight is 527 g/mol. The Morgan fingerprint density at radius 2 is 1.55 bits per heavy atom. The molecule has 2 aromatic carbocycles. The molecule has 1 heterocycles. The standard InChI is InChI=1S/C30H42N2O6/c1-4-6-18-37-27-20-23(21-28(30(27)35)38-19-7-5-2)8-13-29(34)32-16-14-31(15-17-32)22-26(33)24-9-11-25(36-3)12-10-24/h8-13,20-21,26,33,35H,4-7,14-19,22H2,1-3H3/b13-8+. The van der Waals surface area contributed by atoms with Gasteiger partial charge in [-0.3, -0.25) is 9.69 Å². The van der Waals surface area contributed by atoms with Gasteiger partial charge in [0.1, 0.15) is 5.75 Å². The number of nitrogens with zero attached hydrogens (tertiary/aromatic N) is 2. The Bertz CT molecular complexity index is 1000. The van der Waals surface area contributed by atoms with E-state index in [9.17, 15) is 15.0 Å². The van der Waals surface area contributed by atoms with E-state index in [1.54, 1.807) is 31.4 Å². The summed E-state index contributed by atoms with van der Waals surface area (Å²) in [5.74, 6) is 1.41. The summed E-state index contributed by atoms with van der Waals surface area (Å²) in [5, 5.41) is 21.2. The molecule has 2 aromatic rings. The quantitative estimate of drug-likeness (QED) is 0.274. The number of methoxy groups -OCH3 is 1. The number of unbranched alkanes of at least 4 members (excludes halogenated alkanes) is 2. The molecule has 1 amide bonds. The van der Waals surface area contributed by atoms with E-state index >= 15 is 0 Å². The Kier molecular flexibility index (Phi) is 11.8. The number of hydrogen-bond acceptors (Lipinski definition) is 7. The maximum atomic E-state index is 12.9. The van der Waals surface area contributed by atoms with Crippen LogP contribution in [0, 0.1) is 0 Å². The van der Waals surface area contributed by atoms with Gasteiger partial charge in [-0.2, -0.15) is 0 Å². The summed E-state index contributed by atoms with van der Waals surface area (Å²) in [4.78, 5) is 16.9. The molecule has 2 N–H and O–H groups in total. The molecule has 1 fully saturated rings. The zero-order valence-electron chi connectivity index (χ0n) is 22.9. The number of phenols is 1. The molecule has 8 heteroatoms. The van der Waals surface area contributed by atoms with E-state index in [4.69, 9.17) is 14.2 Å². The number of piperazine rings is 1. The van der Waals surface area contributed by atoms with Crippen LogP contribution in [-0.2, 0) is 4.79 Å². The summed E-state index contributed by atoms with van der Waals surface area (Å²) in [5.41, 5.74) is 1.58. The van der Waals surface area contributed by atoms with Crippen LogP contribution in [0.15, 0.2) is 42.5 Å². The van der Waals surface area contributed by atoms with Crippen LogP contribution in [0.2, 0.25) is 0 Å². The lowest BCUT2D eigenvalue weighted by atomic mass is 10.1. The maximum Gasteiger partial charge on any atom is 0.246 e. The van der Waals surface area contributed by atoms with Crippen molar-refractivity contribution in [3.05, 3.63) is 53.6 Å². The molecule has 0 saturated carbocycles. The van der Waals surface area contributed by atoms with Crippen LogP contribution in [-0.4, -0.2) is 79.0 Å². The van der Waals surface area contributed by atoms with Gasteiger partial charge in [-0.25, -0.2) is 0 Å². The smallest absolute Gasteiger partial charge is 0.246 e. The molecule has 0 bridgehead atoms. The highest BCUT2D eigenvalue weighted by atomic mass is 16.5. The Morgan fingerprint density at radius 1 is 0.974 bits per heavy atom. The summed E-state index contributed by atoms with van der Waals surface area (Å²) in [6.07, 6.45) is 6.44. The third-order valence-electron chi connectivity index (χ3n) is 6.61. The van der Waals surface area contributed by atoms with Crippen molar-refractivity contribution in [3.63, 3.8) is 0 Å². The SMILES string of the molecule is CCCCOc1cc(/C=C/C(=O)N2CCN(CC(O)c3ccc(OC)cc3)CC2)cc(OCCCC)c1O. The lowest BCUT2D eigenvalue weighted by Gasteiger charge is -2.35. The summed E-state index contributed by atoms with van der Waals surface area (Å²) in [7, 11) is 1.62. The van der Waals surface area contributed by atoms with E-state index in [1.807, 2.05) is 29.2 Å². The van der Waals surface area contributed by atoms with Crippen LogP contribution in [0.3, 0.4) is 0 Å². The van der Waals surface area contributed by atoms with E-state index in [2.05, 4.69) is 18.7 Å². The van der Waals surface area contributed by atoms with Crippen LogP contribution < -0.4 is 14.2 Å². The second-order valence-electron chi connectivity index (χ2n) is 9.52. The maximum absolute atomic E-state index is 12.9. The molecule has 1 atom stereocenters. The summed E-state index contributed by atoms with van der Waals surface area (Å²) < 4.78 is 16.7. The first kappa shape index (κ1) is 29.3. The number of aliphatic hydroxyl groups excluding tert-OH is 1. The Morgan fingerprint density at radius 3 is 2.08 bits per heavy atom. The fourth-order valence-electron chi connectivity index (χ4n) is 4.17. The van der Waals surface area contributed by atoms with Gasteiger partial charge in [0.15, 0.2) is 11.5 Å². The largest absolute Gasteiger partial charge is 0.502 e. The lowest BCUT2D eigenvalue weighted by Crippen LogP contribution is -2.49. The predicted octanol–water partition coefficient (Wildman–Crippen LogP) is 4.65. The van der Waals surface area contributed by atoms with Crippen molar-refractivity contribution in [2.75, 3.05) is 53.0 Å². The molecule has 0 radical (unpaired) electrons. The minimum atomic E-state index is -0.597. The van der Waals surface area contributed by atoms with Crippen molar-refractivity contribution in [2.45, 2.75) is 45.6 Å². The second-order valence-corrected chi connectivity index (χ2v) is 9.52. The Labute approximate surface area is 226 Å². The average Bonchev–Trinajstić information content (AvgIpc) is 2.94. The Hall–Kier alpha value is -3.23. The number of ether oxygens (including phenoxy) is 3. The van der Waals surface area contributed by atoms with Crippen LogP contribution in [0.4, 0.5) is 0 Å². The van der Waals surface area contributed by atoms with Gasteiger partial charge in [-0.15, -0.1) is 0 Å². The van der Waals surface area contributed by atoms with Gasteiger partial charge >= 0.3 is 0 Å². The van der Waals surface area contributed by atoms with Gasteiger partial charge in [0, 0.05) is 38.8 Å². The molecule has 3 rings (SSSR count). The van der Waals surface area contributed by atoms with Crippen molar-refractivity contribution in [2.24, 2.45) is 0 Å². The summed E-state index contributed by atoms with van der Waals surface area (Å²) in [6.45, 7) is 8.24. The molecular weight excluding hydrogens is 484 g/mol. The zero-order valence-corrected chi connectivity index (χ0v) is 22.9. The number of carbonyl (C=O) groups excluding carboxylic acids is 1. The number of rotatable bonds is 14. The van der Waals surface area contributed by atoms with E-state index < -0.39 is 6.10 Å². The number of benzene rings is 2. The van der Waals surface area contributed by atoms with Crippen LogP contribution in [0.1, 0.15) is 56.8 Å². The highest BCUT2D eigenvalue weighted by Gasteiger charge is 2.22. The number of aliphatic hydroxyl groups is 1. The minimum Gasteiger partial charge on any atom is -0.502 e. The van der Waals surface area contributed by atoms with Gasteiger partial charge in [-0.1, -0.05) is 38.8 Å². The van der Waals surface area contributed by atoms with E-state index in [0.717, 1.165) is 42.6 Å². The van der Waals surface area contributed by atoms with E-state index in [1.165, 1.54) is 0 Å². The molecule has 0 spiro atoms. The molecule has 38 heavy (non-hydrogen) atoms. The molecule has 1 aliphatic heterocycles.